The third-order valence-electron chi connectivity index (χ3n) is 9.29. The summed E-state index contributed by atoms with van der Waals surface area (Å²) >= 11 is 0. The van der Waals surface area contributed by atoms with E-state index in [1.54, 1.807) is 0 Å². The van der Waals surface area contributed by atoms with Crippen LogP contribution in [0.1, 0.15) is 5.56 Å². The Morgan fingerprint density at radius 3 is 2.06 bits per heavy atom. The fourth-order valence-electron chi connectivity index (χ4n) is 6.86. The molecule has 0 aliphatic rings. The standard InChI is InChI=1S/C48H36N2/c1-2-36(37-17-6-3-7-18-37)23-16-33-49(47-28-14-22-38-21-12-13-26-42(38)47)41-30-31-44(46(35-41)39-19-8-4-9-20-39)43-27-15-29-48-45(43)32-34-50(48)40-24-10-5-11-25-40/h2-35H,1H2/b33-16+,36-23+. The zero-order valence-electron chi connectivity index (χ0n) is 27.7. The van der Waals surface area contributed by atoms with Gasteiger partial charge in [-0.15, -0.1) is 0 Å². The van der Waals surface area contributed by atoms with Crippen LogP contribution < -0.4 is 4.90 Å². The highest BCUT2D eigenvalue weighted by molar-refractivity contribution is 6.02. The maximum absolute atomic E-state index is 4.10. The van der Waals surface area contributed by atoms with Crippen LogP contribution in [-0.4, -0.2) is 4.57 Å². The first-order valence-corrected chi connectivity index (χ1v) is 17.0. The van der Waals surface area contributed by atoms with Crippen molar-refractivity contribution in [2.45, 2.75) is 0 Å². The number of para-hydroxylation sites is 1. The van der Waals surface area contributed by atoms with Crippen molar-refractivity contribution >= 4 is 38.6 Å². The Kier molecular flexibility index (Phi) is 8.49. The Labute approximate surface area is 293 Å². The molecule has 0 aliphatic carbocycles. The molecular weight excluding hydrogens is 605 g/mol. The van der Waals surface area contributed by atoms with Crippen molar-refractivity contribution in [3.05, 3.63) is 219 Å². The number of nitrogens with zero attached hydrogens (tertiary/aromatic N) is 2. The molecule has 0 fully saturated rings. The van der Waals surface area contributed by atoms with Gasteiger partial charge in [-0.05, 0) is 87.3 Å². The van der Waals surface area contributed by atoms with Crippen LogP contribution in [0.25, 0.3) is 55.2 Å². The molecule has 2 nitrogen and oxygen atoms in total. The first kappa shape index (κ1) is 30.7. The number of hydrogen-bond donors (Lipinski definition) is 0. The monoisotopic (exact) mass is 640 g/mol. The van der Waals surface area contributed by atoms with Crippen LogP contribution in [0.3, 0.4) is 0 Å². The second-order valence-electron chi connectivity index (χ2n) is 12.3. The molecule has 2 heteroatoms. The summed E-state index contributed by atoms with van der Waals surface area (Å²) < 4.78 is 2.27. The average molecular weight is 641 g/mol. The molecule has 0 saturated carbocycles. The summed E-state index contributed by atoms with van der Waals surface area (Å²) in [5, 5.41) is 3.60. The van der Waals surface area contributed by atoms with E-state index >= 15 is 0 Å². The van der Waals surface area contributed by atoms with E-state index in [0.29, 0.717) is 0 Å². The molecule has 8 aromatic rings. The Bertz CT molecular complexity index is 2480. The maximum Gasteiger partial charge on any atom is 0.0534 e. The zero-order chi connectivity index (χ0) is 33.7. The van der Waals surface area contributed by atoms with Gasteiger partial charge in [-0.2, -0.15) is 0 Å². The highest BCUT2D eigenvalue weighted by Crippen LogP contribution is 2.41. The number of hydrogen-bond acceptors (Lipinski definition) is 1. The molecule has 7 aromatic carbocycles. The van der Waals surface area contributed by atoms with Crippen molar-refractivity contribution in [2.24, 2.45) is 0 Å². The number of allylic oxidation sites excluding steroid dienone is 4. The van der Waals surface area contributed by atoms with E-state index in [9.17, 15) is 0 Å². The quantitative estimate of drug-likeness (QED) is 0.143. The van der Waals surface area contributed by atoms with Gasteiger partial charge in [-0.25, -0.2) is 0 Å². The molecule has 8 rings (SSSR count). The van der Waals surface area contributed by atoms with E-state index in [1.165, 1.54) is 43.9 Å². The molecule has 238 valence electrons. The Balaban J connectivity index is 1.30. The first-order valence-electron chi connectivity index (χ1n) is 17.0. The van der Waals surface area contributed by atoms with Gasteiger partial charge in [0.15, 0.2) is 0 Å². The van der Waals surface area contributed by atoms with Crippen LogP contribution in [0.15, 0.2) is 213 Å². The van der Waals surface area contributed by atoms with Gasteiger partial charge in [0.2, 0.25) is 0 Å². The van der Waals surface area contributed by atoms with Crippen LogP contribution in [-0.2, 0) is 0 Å². The molecule has 0 unspecified atom stereocenters. The molecule has 0 atom stereocenters. The molecule has 0 amide bonds. The number of aromatic nitrogens is 1. The lowest BCUT2D eigenvalue weighted by Gasteiger charge is -2.24. The second kappa shape index (κ2) is 13.8. The Morgan fingerprint density at radius 2 is 1.26 bits per heavy atom. The molecule has 1 heterocycles. The van der Waals surface area contributed by atoms with Gasteiger partial charge >= 0.3 is 0 Å². The van der Waals surface area contributed by atoms with Crippen LogP contribution in [0, 0.1) is 0 Å². The van der Waals surface area contributed by atoms with E-state index < -0.39 is 0 Å². The van der Waals surface area contributed by atoms with Crippen LogP contribution in [0.2, 0.25) is 0 Å². The Hall–Kier alpha value is -6.64. The van der Waals surface area contributed by atoms with Gasteiger partial charge in [-0.1, -0.05) is 152 Å². The van der Waals surface area contributed by atoms with Crippen molar-refractivity contribution in [3.8, 4) is 27.9 Å². The molecule has 50 heavy (non-hydrogen) atoms. The minimum absolute atomic E-state index is 1.07. The number of benzene rings is 7. The largest absolute Gasteiger partial charge is 0.317 e. The third-order valence-corrected chi connectivity index (χ3v) is 9.29. The summed E-state index contributed by atoms with van der Waals surface area (Å²) in [5.74, 6) is 0. The summed E-state index contributed by atoms with van der Waals surface area (Å²) in [6, 6.07) is 62.4. The fourth-order valence-corrected chi connectivity index (χ4v) is 6.86. The van der Waals surface area contributed by atoms with E-state index in [1.807, 2.05) is 12.1 Å². The van der Waals surface area contributed by atoms with Crippen LogP contribution >= 0.6 is 0 Å². The molecule has 0 bridgehead atoms. The van der Waals surface area contributed by atoms with Crippen molar-refractivity contribution in [1.82, 2.24) is 4.57 Å². The van der Waals surface area contributed by atoms with Gasteiger partial charge in [0.25, 0.3) is 0 Å². The maximum atomic E-state index is 4.10. The minimum Gasteiger partial charge on any atom is -0.317 e. The van der Waals surface area contributed by atoms with Gasteiger partial charge < -0.3 is 9.47 Å². The number of rotatable bonds is 9. The van der Waals surface area contributed by atoms with E-state index in [0.717, 1.165) is 28.2 Å². The van der Waals surface area contributed by atoms with Gasteiger partial charge in [-0.3, -0.25) is 0 Å². The minimum atomic E-state index is 1.07. The fraction of sp³-hybridized carbons (Fsp3) is 0. The third kappa shape index (κ3) is 5.96. The second-order valence-corrected chi connectivity index (χ2v) is 12.3. The van der Waals surface area contributed by atoms with Crippen LogP contribution in [0.4, 0.5) is 11.4 Å². The van der Waals surface area contributed by atoms with E-state index in [4.69, 9.17) is 0 Å². The van der Waals surface area contributed by atoms with Crippen LogP contribution in [0.5, 0.6) is 0 Å². The molecule has 1 aromatic heterocycles. The van der Waals surface area contributed by atoms with E-state index in [2.05, 4.69) is 210 Å². The van der Waals surface area contributed by atoms with Gasteiger partial charge in [0, 0.05) is 34.5 Å². The van der Waals surface area contributed by atoms with Gasteiger partial charge in [0.1, 0.15) is 0 Å². The van der Waals surface area contributed by atoms with Crippen molar-refractivity contribution in [2.75, 3.05) is 4.90 Å². The molecule has 0 aliphatic heterocycles. The summed E-state index contributed by atoms with van der Waals surface area (Å²) in [4.78, 5) is 2.30. The molecule has 0 radical (unpaired) electrons. The number of anilines is 2. The molecular formula is C48H36N2. The SMILES string of the molecule is C=C/C(=C\C=C\N(c1ccc(-c2cccc3c2ccn3-c2ccccc2)c(-c2ccccc2)c1)c1cccc2ccccc12)c1ccccc1. The lowest BCUT2D eigenvalue weighted by molar-refractivity contribution is 1.13. The highest BCUT2D eigenvalue weighted by Gasteiger charge is 2.17. The average Bonchev–Trinajstić information content (AvgIpc) is 3.63. The smallest absolute Gasteiger partial charge is 0.0534 e. The number of fused-ring (bicyclic) bond motifs is 2. The molecule has 0 N–H and O–H groups in total. The lowest BCUT2D eigenvalue weighted by Crippen LogP contribution is -2.09. The van der Waals surface area contributed by atoms with E-state index in [-0.39, 0.29) is 0 Å². The van der Waals surface area contributed by atoms with Crippen molar-refractivity contribution in [3.63, 3.8) is 0 Å². The van der Waals surface area contributed by atoms with Crippen molar-refractivity contribution < 1.29 is 0 Å². The highest BCUT2D eigenvalue weighted by atomic mass is 15.1. The van der Waals surface area contributed by atoms with Gasteiger partial charge in [0.05, 0.1) is 11.2 Å². The Morgan fingerprint density at radius 1 is 0.560 bits per heavy atom. The predicted molar refractivity (Wildman–Crippen MR) is 214 cm³/mol. The van der Waals surface area contributed by atoms with Crippen molar-refractivity contribution in [1.29, 1.82) is 0 Å². The lowest BCUT2D eigenvalue weighted by atomic mass is 9.92. The molecule has 0 spiro atoms. The first-order chi connectivity index (χ1) is 24.8. The summed E-state index contributed by atoms with van der Waals surface area (Å²) in [6.07, 6.45) is 10.5. The zero-order valence-corrected chi connectivity index (χ0v) is 27.7. The normalized spacial score (nSPS) is 11.7. The topological polar surface area (TPSA) is 8.17 Å². The summed E-state index contributed by atoms with van der Waals surface area (Å²) in [5.41, 5.74) is 11.5. The summed E-state index contributed by atoms with van der Waals surface area (Å²) in [7, 11) is 0. The summed E-state index contributed by atoms with van der Waals surface area (Å²) in [6.45, 7) is 4.10. The predicted octanol–water partition coefficient (Wildman–Crippen LogP) is 13.0. The molecule has 0 saturated heterocycles.